The highest BCUT2D eigenvalue weighted by Crippen LogP contribution is 2.38. The van der Waals surface area contributed by atoms with Gasteiger partial charge in [-0.15, -0.1) is 0 Å². The molecule has 0 aromatic heterocycles. The lowest BCUT2D eigenvalue weighted by Crippen LogP contribution is -2.30. The molecule has 33 heavy (non-hydrogen) atoms. The van der Waals surface area contributed by atoms with Gasteiger partial charge in [-0.05, 0) is 48.0 Å². The van der Waals surface area contributed by atoms with Gasteiger partial charge < -0.3 is 24.4 Å². The quantitative estimate of drug-likeness (QED) is 0.574. The van der Waals surface area contributed by atoms with Crippen LogP contribution in [0.25, 0.3) is 0 Å². The summed E-state index contributed by atoms with van der Waals surface area (Å²) < 4.78 is 16.6. The second-order valence-electron chi connectivity index (χ2n) is 7.70. The van der Waals surface area contributed by atoms with E-state index in [0.29, 0.717) is 30.3 Å². The van der Waals surface area contributed by atoms with Crippen LogP contribution in [0.4, 0.5) is 11.4 Å². The summed E-state index contributed by atoms with van der Waals surface area (Å²) in [6.07, 6.45) is 0.262. The topological polar surface area (TPSA) is 72.4 Å². The molecule has 1 N–H and O–H groups in total. The summed E-state index contributed by atoms with van der Waals surface area (Å²) in [6, 6.07) is 20.7. The first-order valence-corrected chi connectivity index (χ1v) is 10.7. The molecule has 3 aromatic carbocycles. The number of methoxy groups -OCH3 is 2. The highest BCUT2D eigenvalue weighted by atomic mass is 16.5. The molecular formula is C26H27N3O4. The van der Waals surface area contributed by atoms with Crippen molar-refractivity contribution in [1.29, 1.82) is 0 Å². The van der Waals surface area contributed by atoms with E-state index in [0.717, 1.165) is 28.4 Å². The number of hydrogen-bond acceptors (Lipinski definition) is 6. The molecule has 7 heteroatoms. The zero-order valence-corrected chi connectivity index (χ0v) is 19.0. The lowest BCUT2D eigenvalue weighted by Gasteiger charge is -2.22. The predicted octanol–water partition coefficient (Wildman–Crippen LogP) is 4.64. The van der Waals surface area contributed by atoms with E-state index >= 15 is 0 Å². The van der Waals surface area contributed by atoms with Crippen molar-refractivity contribution in [3.8, 4) is 17.2 Å². The number of aliphatic imine (C=N–C) groups is 1. The van der Waals surface area contributed by atoms with Gasteiger partial charge in [0.15, 0.2) is 5.75 Å². The van der Waals surface area contributed by atoms with Gasteiger partial charge in [-0.2, -0.15) is 0 Å². The lowest BCUT2D eigenvalue weighted by atomic mass is 10.1. The van der Waals surface area contributed by atoms with Gasteiger partial charge in [0.2, 0.25) is 5.91 Å². The number of hydrogen-bond donors (Lipinski definition) is 1. The normalized spacial score (nSPS) is 11.9. The van der Waals surface area contributed by atoms with Crippen molar-refractivity contribution in [2.45, 2.75) is 6.42 Å². The molecule has 0 bridgehead atoms. The van der Waals surface area contributed by atoms with E-state index in [4.69, 9.17) is 19.2 Å². The molecule has 0 saturated heterocycles. The van der Waals surface area contributed by atoms with Crippen molar-refractivity contribution in [2.75, 3.05) is 39.7 Å². The minimum atomic E-state index is -0.107. The van der Waals surface area contributed by atoms with Crippen molar-refractivity contribution in [3.05, 3.63) is 77.9 Å². The first-order chi connectivity index (χ1) is 16.1. The van der Waals surface area contributed by atoms with Crippen molar-refractivity contribution >= 4 is 23.1 Å². The number of fused-ring (bicyclic) bond motifs is 2. The third-order valence-electron chi connectivity index (χ3n) is 5.33. The van der Waals surface area contributed by atoms with Gasteiger partial charge in [0.25, 0.3) is 0 Å². The number of likely N-dealkylation sites (N-methyl/N-ethyl adjacent to an activating group) is 1. The molecule has 0 atom stereocenters. The Balaban J connectivity index is 1.60. The first kappa shape index (κ1) is 22.4. The summed E-state index contributed by atoms with van der Waals surface area (Å²) in [7, 11) is 5.25. The molecule has 0 aliphatic carbocycles. The standard InChI is InChI=1S/C26H27N3O4/c1-29(14-15-31-2)26-21-17-19(27-25(30)16-18-8-11-20(32-3)12-9-18)10-13-23(21)33-24-7-5-4-6-22(24)28-26/h4-13,17H,14-16H2,1-3H3,(H,27,30). The number of carbonyl (C=O) groups excluding carboxylic acids is 1. The Morgan fingerprint density at radius 3 is 2.58 bits per heavy atom. The Morgan fingerprint density at radius 1 is 1.03 bits per heavy atom. The molecule has 0 fully saturated rings. The Bertz CT molecular complexity index is 1160. The van der Waals surface area contributed by atoms with Crippen LogP contribution in [0.15, 0.2) is 71.7 Å². The Labute approximate surface area is 193 Å². The number of ether oxygens (including phenoxy) is 3. The highest BCUT2D eigenvalue weighted by molar-refractivity contribution is 6.05. The molecule has 0 spiro atoms. The van der Waals surface area contributed by atoms with Gasteiger partial charge in [0, 0.05) is 26.4 Å². The molecule has 0 radical (unpaired) electrons. The number of amides is 1. The Hall–Kier alpha value is -3.84. The molecule has 4 rings (SSSR count). The molecule has 7 nitrogen and oxygen atoms in total. The van der Waals surface area contributed by atoms with Crippen LogP contribution in [0.1, 0.15) is 11.1 Å². The predicted molar refractivity (Wildman–Crippen MR) is 129 cm³/mol. The van der Waals surface area contributed by atoms with E-state index in [1.807, 2.05) is 78.7 Å². The molecule has 1 amide bonds. The van der Waals surface area contributed by atoms with E-state index < -0.39 is 0 Å². The molecule has 1 aliphatic heterocycles. The molecule has 1 heterocycles. The average molecular weight is 446 g/mol. The van der Waals surface area contributed by atoms with E-state index in [1.165, 1.54) is 0 Å². The van der Waals surface area contributed by atoms with Crippen LogP contribution in [-0.4, -0.2) is 51.1 Å². The SMILES string of the molecule is COCCN(C)C1=Nc2ccccc2Oc2ccc(NC(=O)Cc3ccc(OC)cc3)cc21. The molecule has 170 valence electrons. The minimum absolute atomic E-state index is 0.107. The molecule has 0 saturated carbocycles. The number of carbonyl (C=O) groups is 1. The third-order valence-corrected chi connectivity index (χ3v) is 5.33. The zero-order chi connectivity index (χ0) is 23.2. The summed E-state index contributed by atoms with van der Waals surface area (Å²) in [5.41, 5.74) is 3.13. The fraction of sp³-hybridized carbons (Fsp3) is 0.231. The maximum absolute atomic E-state index is 12.7. The van der Waals surface area contributed by atoms with Crippen molar-refractivity contribution in [1.82, 2.24) is 4.90 Å². The van der Waals surface area contributed by atoms with E-state index in [9.17, 15) is 4.79 Å². The summed E-state index contributed by atoms with van der Waals surface area (Å²) in [4.78, 5) is 19.6. The first-order valence-electron chi connectivity index (χ1n) is 10.7. The molecule has 0 unspecified atom stereocenters. The Kier molecular flexibility index (Phi) is 6.90. The number of para-hydroxylation sites is 2. The second kappa shape index (κ2) is 10.2. The van der Waals surface area contributed by atoms with Crippen molar-refractivity contribution < 1.29 is 19.0 Å². The van der Waals surface area contributed by atoms with Crippen molar-refractivity contribution in [2.24, 2.45) is 4.99 Å². The van der Waals surface area contributed by atoms with E-state index in [-0.39, 0.29) is 12.3 Å². The number of anilines is 1. The van der Waals surface area contributed by atoms with Crippen LogP contribution in [0, 0.1) is 0 Å². The van der Waals surface area contributed by atoms with Gasteiger partial charge >= 0.3 is 0 Å². The summed E-state index contributed by atoms with van der Waals surface area (Å²) in [5.74, 6) is 2.76. The third kappa shape index (κ3) is 5.32. The summed E-state index contributed by atoms with van der Waals surface area (Å²) in [6.45, 7) is 1.22. The molecule has 1 aliphatic rings. The van der Waals surface area contributed by atoms with Gasteiger partial charge in [-0.3, -0.25) is 4.79 Å². The van der Waals surface area contributed by atoms with Gasteiger partial charge in [0.1, 0.15) is 23.0 Å². The number of amidine groups is 1. The van der Waals surface area contributed by atoms with Gasteiger partial charge in [-0.1, -0.05) is 24.3 Å². The van der Waals surface area contributed by atoms with Crippen LogP contribution < -0.4 is 14.8 Å². The van der Waals surface area contributed by atoms with Crippen LogP contribution >= 0.6 is 0 Å². The van der Waals surface area contributed by atoms with Crippen LogP contribution in [0.5, 0.6) is 17.2 Å². The number of nitrogens with one attached hydrogen (secondary N) is 1. The van der Waals surface area contributed by atoms with Crippen molar-refractivity contribution in [3.63, 3.8) is 0 Å². The molecule has 3 aromatic rings. The highest BCUT2D eigenvalue weighted by Gasteiger charge is 2.22. The summed E-state index contributed by atoms with van der Waals surface area (Å²) in [5, 5.41) is 2.99. The average Bonchev–Trinajstić information content (AvgIpc) is 2.99. The lowest BCUT2D eigenvalue weighted by molar-refractivity contribution is -0.115. The summed E-state index contributed by atoms with van der Waals surface area (Å²) >= 11 is 0. The fourth-order valence-corrected chi connectivity index (χ4v) is 3.56. The van der Waals surface area contributed by atoms with E-state index in [2.05, 4.69) is 5.32 Å². The Morgan fingerprint density at radius 2 is 1.82 bits per heavy atom. The number of nitrogens with zero attached hydrogens (tertiary/aromatic N) is 2. The fourth-order valence-electron chi connectivity index (χ4n) is 3.56. The van der Waals surface area contributed by atoms with Crippen LogP contribution in [-0.2, 0) is 16.0 Å². The maximum Gasteiger partial charge on any atom is 0.228 e. The maximum atomic E-state index is 12.7. The largest absolute Gasteiger partial charge is 0.497 e. The van der Waals surface area contributed by atoms with Gasteiger partial charge in [0.05, 0.1) is 25.7 Å². The monoisotopic (exact) mass is 445 g/mol. The zero-order valence-electron chi connectivity index (χ0n) is 19.0. The minimum Gasteiger partial charge on any atom is -0.497 e. The van der Waals surface area contributed by atoms with Crippen LogP contribution in [0.3, 0.4) is 0 Å². The second-order valence-corrected chi connectivity index (χ2v) is 7.70. The van der Waals surface area contributed by atoms with Crippen LogP contribution in [0.2, 0.25) is 0 Å². The number of benzene rings is 3. The molecular weight excluding hydrogens is 418 g/mol. The smallest absolute Gasteiger partial charge is 0.228 e. The number of rotatable bonds is 7. The van der Waals surface area contributed by atoms with E-state index in [1.54, 1.807) is 14.2 Å². The van der Waals surface area contributed by atoms with Gasteiger partial charge in [-0.25, -0.2) is 4.99 Å².